The Balaban J connectivity index is 1.62. The Kier molecular flexibility index (Phi) is 7.13. The molecule has 0 bridgehead atoms. The van der Waals surface area contributed by atoms with Gasteiger partial charge < -0.3 is 15.4 Å². The number of alkyl halides is 2. The summed E-state index contributed by atoms with van der Waals surface area (Å²) in [6.07, 6.45) is 0. The summed E-state index contributed by atoms with van der Waals surface area (Å²) in [4.78, 5) is 29.3. The van der Waals surface area contributed by atoms with Crippen LogP contribution in [0.25, 0.3) is 11.3 Å². The Bertz CT molecular complexity index is 1090. The van der Waals surface area contributed by atoms with Crippen molar-refractivity contribution in [2.24, 2.45) is 0 Å². The van der Waals surface area contributed by atoms with Crippen molar-refractivity contribution in [1.29, 1.82) is 0 Å². The highest BCUT2D eigenvalue weighted by Crippen LogP contribution is 2.31. The average molecular weight is 470 g/mol. The van der Waals surface area contributed by atoms with Crippen molar-refractivity contribution in [3.63, 3.8) is 0 Å². The fourth-order valence-corrected chi connectivity index (χ4v) is 3.74. The Morgan fingerprint density at radius 1 is 1.19 bits per heavy atom. The molecule has 0 radical (unpaired) electrons. The molecule has 11 heteroatoms. The van der Waals surface area contributed by atoms with E-state index >= 15 is 0 Å². The number of ether oxygens (including phenoxy) is 1. The summed E-state index contributed by atoms with van der Waals surface area (Å²) in [5.74, 6) is -2.16. The van der Waals surface area contributed by atoms with Crippen LogP contribution in [0.1, 0.15) is 15.2 Å². The largest absolute Gasteiger partial charge is 0.435 e. The van der Waals surface area contributed by atoms with Gasteiger partial charge in [-0.3, -0.25) is 9.59 Å². The highest BCUT2D eigenvalue weighted by atomic mass is 35.5. The number of benzene rings is 2. The van der Waals surface area contributed by atoms with Crippen LogP contribution in [0, 0.1) is 12.7 Å². The van der Waals surface area contributed by atoms with Crippen LogP contribution in [0.4, 0.5) is 18.3 Å². The van der Waals surface area contributed by atoms with Crippen molar-refractivity contribution < 1.29 is 27.5 Å². The predicted octanol–water partition coefficient (Wildman–Crippen LogP) is 4.88. The average Bonchev–Trinajstić information content (AvgIpc) is 3.06. The zero-order valence-electron chi connectivity index (χ0n) is 15.9. The summed E-state index contributed by atoms with van der Waals surface area (Å²) in [7, 11) is 0. The van der Waals surface area contributed by atoms with Crippen LogP contribution in [0.2, 0.25) is 5.02 Å². The second-order valence-electron chi connectivity index (χ2n) is 6.15. The Labute approximate surface area is 184 Å². The third-order valence-electron chi connectivity index (χ3n) is 4.00. The van der Waals surface area contributed by atoms with Crippen LogP contribution in [0.5, 0.6) is 5.75 Å². The lowest BCUT2D eigenvalue weighted by Gasteiger charge is -2.07. The monoisotopic (exact) mass is 469 g/mol. The molecular formula is C20H15ClF3N3O3S. The molecule has 31 heavy (non-hydrogen) atoms. The van der Waals surface area contributed by atoms with E-state index in [9.17, 15) is 22.8 Å². The highest BCUT2D eigenvalue weighted by molar-refractivity contribution is 7.16. The van der Waals surface area contributed by atoms with Gasteiger partial charge in [0.2, 0.25) is 5.91 Å². The standard InChI is InChI=1S/C20H15ClF3N3O3S/c1-10-17(11-5-7-12(8-6-11)30-19(23)24)27-20(31-10)26-15(28)9-25-18(29)16-13(21)3-2-4-14(16)22/h2-8,19H,9H2,1H3,(H,25,29)(H,26,27,28). The number of carbonyl (C=O) groups excluding carboxylic acids is 2. The molecule has 2 aromatic carbocycles. The van der Waals surface area contributed by atoms with Gasteiger partial charge in [0.15, 0.2) is 5.13 Å². The van der Waals surface area contributed by atoms with Gasteiger partial charge in [-0.2, -0.15) is 8.78 Å². The molecule has 6 nitrogen and oxygen atoms in total. The van der Waals surface area contributed by atoms with Crippen molar-refractivity contribution in [1.82, 2.24) is 10.3 Å². The lowest BCUT2D eigenvalue weighted by molar-refractivity contribution is -0.115. The van der Waals surface area contributed by atoms with Gasteiger partial charge in [-0.05, 0) is 43.3 Å². The summed E-state index contributed by atoms with van der Waals surface area (Å²) >= 11 is 7.03. The maximum atomic E-state index is 13.8. The predicted molar refractivity (Wildman–Crippen MR) is 111 cm³/mol. The smallest absolute Gasteiger partial charge is 0.387 e. The highest BCUT2D eigenvalue weighted by Gasteiger charge is 2.17. The van der Waals surface area contributed by atoms with Crippen molar-refractivity contribution in [3.8, 4) is 17.0 Å². The Hall–Kier alpha value is -3.11. The number of hydrogen-bond acceptors (Lipinski definition) is 5. The van der Waals surface area contributed by atoms with Gasteiger partial charge in [0, 0.05) is 10.4 Å². The van der Waals surface area contributed by atoms with Crippen LogP contribution < -0.4 is 15.4 Å². The van der Waals surface area contributed by atoms with E-state index in [2.05, 4.69) is 20.4 Å². The van der Waals surface area contributed by atoms with Gasteiger partial charge in [-0.15, -0.1) is 11.3 Å². The molecule has 3 rings (SSSR count). The lowest BCUT2D eigenvalue weighted by atomic mass is 10.1. The van der Waals surface area contributed by atoms with E-state index in [1.807, 2.05) is 0 Å². The number of anilines is 1. The third kappa shape index (κ3) is 5.74. The number of amides is 2. The van der Waals surface area contributed by atoms with E-state index in [1.54, 1.807) is 19.1 Å². The number of aromatic nitrogens is 1. The Morgan fingerprint density at radius 3 is 2.55 bits per heavy atom. The number of halogens is 4. The molecule has 0 saturated heterocycles. The summed E-state index contributed by atoms with van der Waals surface area (Å²) < 4.78 is 42.6. The minimum absolute atomic E-state index is 0.0193. The SMILES string of the molecule is Cc1sc(NC(=O)CNC(=O)c2c(F)cccc2Cl)nc1-c1ccc(OC(F)F)cc1. The lowest BCUT2D eigenvalue weighted by Crippen LogP contribution is -2.33. The van der Waals surface area contributed by atoms with Gasteiger partial charge in [0.25, 0.3) is 5.91 Å². The summed E-state index contributed by atoms with van der Waals surface area (Å²) in [6.45, 7) is -1.55. The van der Waals surface area contributed by atoms with E-state index in [1.165, 1.54) is 35.6 Å². The minimum atomic E-state index is -2.91. The van der Waals surface area contributed by atoms with Crippen LogP contribution in [0.3, 0.4) is 0 Å². The molecule has 0 aliphatic heterocycles. The molecule has 0 spiro atoms. The molecular weight excluding hydrogens is 455 g/mol. The van der Waals surface area contributed by atoms with Crippen molar-refractivity contribution in [2.75, 3.05) is 11.9 Å². The number of thiazole rings is 1. The summed E-state index contributed by atoms with van der Waals surface area (Å²) in [5, 5.41) is 5.07. The number of carbonyl (C=O) groups is 2. The zero-order valence-corrected chi connectivity index (χ0v) is 17.5. The molecule has 0 atom stereocenters. The van der Waals surface area contributed by atoms with Gasteiger partial charge in [0.1, 0.15) is 11.6 Å². The van der Waals surface area contributed by atoms with Crippen LogP contribution in [-0.2, 0) is 4.79 Å². The van der Waals surface area contributed by atoms with Crippen molar-refractivity contribution in [2.45, 2.75) is 13.5 Å². The van der Waals surface area contributed by atoms with E-state index in [0.29, 0.717) is 11.3 Å². The second-order valence-corrected chi connectivity index (χ2v) is 7.76. The number of nitrogens with one attached hydrogen (secondary N) is 2. The number of nitrogens with zero attached hydrogens (tertiary/aromatic N) is 1. The number of aryl methyl sites for hydroxylation is 1. The van der Waals surface area contributed by atoms with E-state index in [0.717, 1.165) is 10.9 Å². The van der Waals surface area contributed by atoms with Crippen LogP contribution in [-0.4, -0.2) is 30.0 Å². The molecule has 3 aromatic rings. The minimum Gasteiger partial charge on any atom is -0.435 e. The normalized spacial score (nSPS) is 10.8. The fraction of sp³-hybridized carbons (Fsp3) is 0.150. The molecule has 2 amide bonds. The molecule has 1 heterocycles. The summed E-state index contributed by atoms with van der Waals surface area (Å²) in [5.41, 5.74) is 0.869. The molecule has 0 aliphatic carbocycles. The van der Waals surface area contributed by atoms with E-state index < -0.39 is 30.8 Å². The first-order chi connectivity index (χ1) is 14.7. The molecule has 0 unspecified atom stereocenters. The number of rotatable bonds is 7. The van der Waals surface area contributed by atoms with E-state index in [4.69, 9.17) is 11.6 Å². The first-order valence-electron chi connectivity index (χ1n) is 8.79. The van der Waals surface area contributed by atoms with Gasteiger partial charge in [0.05, 0.1) is 22.8 Å². The summed E-state index contributed by atoms with van der Waals surface area (Å²) in [6, 6.07) is 9.75. The maximum absolute atomic E-state index is 13.8. The van der Waals surface area contributed by atoms with Gasteiger partial charge >= 0.3 is 6.61 Å². The van der Waals surface area contributed by atoms with Crippen molar-refractivity contribution >= 4 is 39.9 Å². The Morgan fingerprint density at radius 2 is 1.90 bits per heavy atom. The van der Waals surface area contributed by atoms with Crippen LogP contribution in [0.15, 0.2) is 42.5 Å². The topological polar surface area (TPSA) is 80.3 Å². The first kappa shape index (κ1) is 22.6. The zero-order chi connectivity index (χ0) is 22.5. The first-order valence-corrected chi connectivity index (χ1v) is 9.98. The van der Waals surface area contributed by atoms with Crippen molar-refractivity contribution in [3.05, 3.63) is 63.7 Å². The third-order valence-corrected chi connectivity index (χ3v) is 5.20. The molecule has 2 N–H and O–H groups in total. The van der Waals surface area contributed by atoms with E-state index in [-0.39, 0.29) is 21.5 Å². The van der Waals surface area contributed by atoms with Gasteiger partial charge in [-0.1, -0.05) is 17.7 Å². The second kappa shape index (κ2) is 9.80. The molecule has 0 saturated carbocycles. The molecule has 1 aromatic heterocycles. The van der Waals surface area contributed by atoms with Crippen LogP contribution >= 0.6 is 22.9 Å². The molecule has 162 valence electrons. The molecule has 0 fully saturated rings. The quantitative estimate of drug-likeness (QED) is 0.517. The van der Waals surface area contributed by atoms with Gasteiger partial charge in [-0.25, -0.2) is 9.37 Å². The number of hydrogen-bond donors (Lipinski definition) is 2. The maximum Gasteiger partial charge on any atom is 0.387 e. The molecule has 0 aliphatic rings. The fourth-order valence-electron chi connectivity index (χ4n) is 2.64.